The number of anilines is 1. The first-order valence-corrected chi connectivity index (χ1v) is 10.9. The lowest BCUT2D eigenvalue weighted by Crippen LogP contribution is -2.31. The van der Waals surface area contributed by atoms with Crippen LogP contribution in [0.1, 0.15) is 29.8 Å². The Hall–Kier alpha value is -1.90. The van der Waals surface area contributed by atoms with Crippen molar-refractivity contribution in [2.45, 2.75) is 30.7 Å². The van der Waals surface area contributed by atoms with Gasteiger partial charge in [-0.15, -0.1) is 11.8 Å². The summed E-state index contributed by atoms with van der Waals surface area (Å²) in [5.74, 6) is -0.387. The molecule has 0 saturated carbocycles. The Labute approximate surface area is 159 Å². The van der Waals surface area contributed by atoms with E-state index in [4.69, 9.17) is 0 Å². The number of thioether (sulfide) groups is 1. The van der Waals surface area contributed by atoms with Gasteiger partial charge in [0.1, 0.15) is 9.92 Å². The number of nitrogens with zero attached hydrogens (tertiary/aromatic N) is 2. The lowest BCUT2D eigenvalue weighted by atomic mass is 10.2. The fourth-order valence-electron chi connectivity index (χ4n) is 2.56. The van der Waals surface area contributed by atoms with Crippen LogP contribution in [0.4, 0.5) is 5.69 Å². The smallest absolute Gasteiger partial charge is 0.258 e. The Morgan fingerprint density at radius 1 is 1.23 bits per heavy atom. The summed E-state index contributed by atoms with van der Waals surface area (Å²) in [6.07, 6.45) is 3.45. The number of benzene rings is 1. The van der Waals surface area contributed by atoms with E-state index in [0.29, 0.717) is 23.7 Å². The van der Waals surface area contributed by atoms with Crippen molar-refractivity contribution in [1.29, 1.82) is 0 Å². The van der Waals surface area contributed by atoms with E-state index in [1.807, 2.05) is 13.2 Å². The summed E-state index contributed by atoms with van der Waals surface area (Å²) in [7, 11) is -3.70. The molecule has 140 valence electrons. The summed E-state index contributed by atoms with van der Waals surface area (Å²) in [6, 6.07) is 8.33. The quantitative estimate of drug-likeness (QED) is 0.730. The maximum Gasteiger partial charge on any atom is 0.258 e. The minimum absolute atomic E-state index is 0.101. The van der Waals surface area contributed by atoms with Gasteiger partial charge in [0.15, 0.2) is 0 Å². The van der Waals surface area contributed by atoms with Crippen LogP contribution in [0.3, 0.4) is 0 Å². The molecule has 0 atom stereocenters. The fourth-order valence-corrected chi connectivity index (χ4v) is 4.80. The number of rotatable bonds is 7. The van der Waals surface area contributed by atoms with Crippen LogP contribution >= 0.6 is 11.8 Å². The summed E-state index contributed by atoms with van der Waals surface area (Å²) in [6.45, 7) is 6.11. The topological polar surface area (TPSA) is 79.4 Å². The van der Waals surface area contributed by atoms with E-state index in [0.717, 1.165) is 5.56 Å². The van der Waals surface area contributed by atoms with Crippen LogP contribution in [0.2, 0.25) is 0 Å². The molecule has 0 radical (unpaired) electrons. The van der Waals surface area contributed by atoms with Gasteiger partial charge in [-0.25, -0.2) is 13.4 Å². The predicted molar refractivity (Wildman–Crippen MR) is 105 cm³/mol. The first-order valence-electron chi connectivity index (χ1n) is 8.26. The predicted octanol–water partition coefficient (Wildman–Crippen LogP) is 3.39. The number of nitrogens with one attached hydrogen (secondary N) is 1. The number of aromatic nitrogens is 1. The van der Waals surface area contributed by atoms with E-state index in [9.17, 15) is 13.2 Å². The Kier molecular flexibility index (Phi) is 6.80. The molecule has 26 heavy (non-hydrogen) atoms. The van der Waals surface area contributed by atoms with Gasteiger partial charge in [-0.1, -0.05) is 19.9 Å². The van der Waals surface area contributed by atoms with Crippen molar-refractivity contribution in [2.24, 2.45) is 0 Å². The van der Waals surface area contributed by atoms with Gasteiger partial charge in [0.2, 0.25) is 10.0 Å². The first-order chi connectivity index (χ1) is 12.3. The standard InChI is InChI=1S/C18H23N3O3S2/c1-5-21(6-2)26(23,24)16-12-13(3)9-10-15(16)20-17(22)14-8-7-11-19-18(14)25-4/h7-12H,5-6H2,1-4H3,(H,20,22). The van der Waals surface area contributed by atoms with Crippen molar-refractivity contribution < 1.29 is 13.2 Å². The molecular formula is C18H23N3O3S2. The van der Waals surface area contributed by atoms with Gasteiger partial charge in [0.05, 0.1) is 11.3 Å². The molecule has 0 fully saturated rings. The molecule has 0 aliphatic rings. The van der Waals surface area contributed by atoms with E-state index in [2.05, 4.69) is 10.3 Å². The van der Waals surface area contributed by atoms with Crippen LogP contribution in [-0.2, 0) is 10.0 Å². The van der Waals surface area contributed by atoms with E-state index >= 15 is 0 Å². The van der Waals surface area contributed by atoms with Crippen molar-refractivity contribution in [3.05, 3.63) is 47.7 Å². The van der Waals surface area contributed by atoms with Gasteiger partial charge in [0.25, 0.3) is 5.91 Å². The molecule has 0 bridgehead atoms. The minimum Gasteiger partial charge on any atom is -0.321 e. The van der Waals surface area contributed by atoms with Crippen molar-refractivity contribution >= 4 is 33.4 Å². The second-order valence-corrected chi connectivity index (χ2v) is 8.30. The van der Waals surface area contributed by atoms with Crippen molar-refractivity contribution in [1.82, 2.24) is 9.29 Å². The van der Waals surface area contributed by atoms with Gasteiger partial charge < -0.3 is 5.32 Å². The first kappa shape index (κ1) is 20.4. The number of hydrogen-bond donors (Lipinski definition) is 1. The lowest BCUT2D eigenvalue weighted by molar-refractivity contribution is 0.102. The van der Waals surface area contributed by atoms with Crippen molar-refractivity contribution in [2.75, 3.05) is 24.7 Å². The van der Waals surface area contributed by atoms with E-state index in [1.54, 1.807) is 50.4 Å². The van der Waals surface area contributed by atoms with Gasteiger partial charge in [-0.3, -0.25) is 4.79 Å². The number of amides is 1. The molecule has 1 aromatic heterocycles. The number of pyridine rings is 1. The summed E-state index contributed by atoms with van der Waals surface area (Å²) < 4.78 is 27.3. The highest BCUT2D eigenvalue weighted by Gasteiger charge is 2.26. The SMILES string of the molecule is CCN(CC)S(=O)(=O)c1cc(C)ccc1NC(=O)c1cccnc1SC. The number of carbonyl (C=O) groups is 1. The zero-order valence-electron chi connectivity index (χ0n) is 15.3. The second kappa shape index (κ2) is 8.66. The third-order valence-electron chi connectivity index (χ3n) is 3.92. The number of carbonyl (C=O) groups excluding carboxylic acids is 1. The molecule has 1 amide bonds. The highest BCUT2D eigenvalue weighted by molar-refractivity contribution is 7.98. The highest BCUT2D eigenvalue weighted by Crippen LogP contribution is 2.27. The Bertz CT molecular complexity index is 894. The molecule has 2 rings (SSSR count). The molecule has 0 aliphatic heterocycles. The summed E-state index contributed by atoms with van der Waals surface area (Å²) in [5, 5.41) is 3.33. The Morgan fingerprint density at radius 3 is 2.54 bits per heavy atom. The van der Waals surface area contributed by atoms with Crippen LogP contribution in [0, 0.1) is 6.92 Å². The van der Waals surface area contributed by atoms with Crippen molar-refractivity contribution in [3.63, 3.8) is 0 Å². The number of sulfonamides is 1. The summed E-state index contributed by atoms with van der Waals surface area (Å²) >= 11 is 1.36. The highest BCUT2D eigenvalue weighted by atomic mass is 32.2. The lowest BCUT2D eigenvalue weighted by Gasteiger charge is -2.21. The Balaban J connectivity index is 2.47. The van der Waals surface area contributed by atoms with Gasteiger partial charge >= 0.3 is 0 Å². The van der Waals surface area contributed by atoms with E-state index < -0.39 is 10.0 Å². The Morgan fingerprint density at radius 2 is 1.92 bits per heavy atom. The minimum atomic E-state index is -3.70. The third kappa shape index (κ3) is 4.25. The normalized spacial score (nSPS) is 11.6. The van der Waals surface area contributed by atoms with Gasteiger partial charge in [-0.05, 0) is 43.0 Å². The molecule has 6 nitrogen and oxygen atoms in total. The number of hydrogen-bond acceptors (Lipinski definition) is 5. The molecule has 8 heteroatoms. The largest absolute Gasteiger partial charge is 0.321 e. The maximum atomic E-state index is 13.0. The molecule has 1 N–H and O–H groups in total. The van der Waals surface area contributed by atoms with Crippen LogP contribution < -0.4 is 5.32 Å². The summed E-state index contributed by atoms with van der Waals surface area (Å²) in [4.78, 5) is 17.0. The maximum absolute atomic E-state index is 13.0. The molecule has 0 spiro atoms. The molecule has 0 aliphatic carbocycles. The zero-order valence-corrected chi connectivity index (χ0v) is 16.9. The monoisotopic (exact) mass is 393 g/mol. The number of aryl methyl sites for hydroxylation is 1. The van der Waals surface area contributed by atoms with Gasteiger partial charge in [-0.2, -0.15) is 4.31 Å². The molecule has 0 saturated heterocycles. The molecular weight excluding hydrogens is 370 g/mol. The third-order valence-corrected chi connectivity index (χ3v) is 6.72. The molecule has 1 heterocycles. The average molecular weight is 394 g/mol. The van der Waals surface area contributed by atoms with E-state index in [-0.39, 0.29) is 16.5 Å². The van der Waals surface area contributed by atoms with Gasteiger partial charge in [0, 0.05) is 19.3 Å². The second-order valence-electron chi connectivity index (χ2n) is 5.60. The van der Waals surface area contributed by atoms with Crippen LogP contribution in [0.25, 0.3) is 0 Å². The zero-order chi connectivity index (χ0) is 19.3. The molecule has 0 unspecified atom stereocenters. The van der Waals surface area contributed by atoms with Crippen LogP contribution in [0.15, 0.2) is 46.5 Å². The molecule has 1 aromatic carbocycles. The molecule has 2 aromatic rings. The van der Waals surface area contributed by atoms with Crippen LogP contribution in [0.5, 0.6) is 0 Å². The average Bonchev–Trinajstić information content (AvgIpc) is 2.63. The van der Waals surface area contributed by atoms with Crippen molar-refractivity contribution in [3.8, 4) is 0 Å². The van der Waals surface area contributed by atoms with Crippen LogP contribution in [-0.4, -0.2) is 43.0 Å². The fraction of sp³-hybridized carbons (Fsp3) is 0.333. The van der Waals surface area contributed by atoms with E-state index in [1.165, 1.54) is 16.1 Å². The summed E-state index contributed by atoms with van der Waals surface area (Å²) in [5.41, 5.74) is 1.48.